The Morgan fingerprint density at radius 2 is 1.41 bits per heavy atom. The van der Waals surface area contributed by atoms with Crippen molar-refractivity contribution in [1.29, 1.82) is 0 Å². The van der Waals surface area contributed by atoms with Crippen LogP contribution in [0, 0.1) is 11.3 Å². The predicted molar refractivity (Wildman–Crippen MR) is 86.1 cm³/mol. The number of benzene rings is 2. The van der Waals surface area contributed by atoms with Crippen LogP contribution in [-0.2, 0) is 11.2 Å². The normalized spacial score (nSPS) is 40.0. The molecule has 2 aromatic carbocycles. The van der Waals surface area contributed by atoms with Crippen LogP contribution in [-0.4, -0.2) is 10.2 Å². The fourth-order valence-electron chi connectivity index (χ4n) is 5.07. The van der Waals surface area contributed by atoms with Gasteiger partial charge in [-0.1, -0.05) is 67.6 Å². The lowest BCUT2D eigenvalue weighted by Crippen LogP contribution is -2.57. The zero-order valence-electron chi connectivity index (χ0n) is 12.9. The summed E-state index contributed by atoms with van der Waals surface area (Å²) in [5.74, 6) is 0.102. The summed E-state index contributed by atoms with van der Waals surface area (Å²) in [5.41, 5.74) is -1.10. The van der Waals surface area contributed by atoms with E-state index in [4.69, 9.17) is 0 Å². The molecule has 0 unspecified atom stereocenters. The molecule has 2 aliphatic rings. The van der Waals surface area contributed by atoms with E-state index in [2.05, 4.69) is 6.92 Å². The summed E-state index contributed by atoms with van der Waals surface area (Å²) in [5, 5.41) is 23.6. The molecule has 114 valence electrons. The van der Waals surface area contributed by atoms with E-state index in [1.807, 2.05) is 60.7 Å². The standard InChI is InChI=1S/C20H22O2/c1-18-13-12-17(14-18)19(21,15-8-4-2-5-9-15)20(18,22)16-10-6-3-7-11-16/h2-11,17,21-22H,12-14H2,1H3/t17-,18-,19-,20+/m1/s1. The molecule has 2 N–H and O–H groups in total. The van der Waals surface area contributed by atoms with Gasteiger partial charge in [-0.2, -0.15) is 0 Å². The molecular formula is C20H22O2. The van der Waals surface area contributed by atoms with Crippen molar-refractivity contribution in [2.75, 3.05) is 0 Å². The molecule has 4 rings (SSSR count). The number of hydrogen-bond donors (Lipinski definition) is 2. The van der Waals surface area contributed by atoms with Crippen molar-refractivity contribution >= 4 is 0 Å². The molecule has 0 heterocycles. The molecule has 0 spiro atoms. The summed E-state index contributed by atoms with van der Waals surface area (Å²) in [4.78, 5) is 0. The predicted octanol–water partition coefficient (Wildman–Crippen LogP) is 3.58. The highest BCUT2D eigenvalue weighted by molar-refractivity contribution is 5.41. The van der Waals surface area contributed by atoms with E-state index in [0.29, 0.717) is 0 Å². The van der Waals surface area contributed by atoms with Gasteiger partial charge in [-0.3, -0.25) is 0 Å². The molecule has 0 saturated heterocycles. The van der Waals surface area contributed by atoms with Crippen LogP contribution in [0.1, 0.15) is 37.3 Å². The molecule has 2 saturated carbocycles. The summed E-state index contributed by atoms with van der Waals surface area (Å²) in [7, 11) is 0. The second-order valence-electron chi connectivity index (χ2n) is 7.21. The maximum atomic E-state index is 11.8. The Morgan fingerprint density at radius 3 is 2.00 bits per heavy atom. The van der Waals surface area contributed by atoms with Crippen LogP contribution in [0.2, 0.25) is 0 Å². The molecule has 0 radical (unpaired) electrons. The van der Waals surface area contributed by atoms with E-state index in [1.54, 1.807) is 0 Å². The third kappa shape index (κ3) is 1.47. The number of rotatable bonds is 2. The first-order valence-electron chi connectivity index (χ1n) is 8.08. The fourth-order valence-corrected chi connectivity index (χ4v) is 5.07. The zero-order valence-corrected chi connectivity index (χ0v) is 12.9. The van der Waals surface area contributed by atoms with Gasteiger partial charge in [0.1, 0.15) is 11.2 Å². The summed E-state index contributed by atoms with van der Waals surface area (Å²) in [6.45, 7) is 2.13. The molecule has 4 atom stereocenters. The van der Waals surface area contributed by atoms with Crippen LogP contribution in [0.15, 0.2) is 60.7 Å². The van der Waals surface area contributed by atoms with Crippen molar-refractivity contribution in [1.82, 2.24) is 0 Å². The van der Waals surface area contributed by atoms with Crippen LogP contribution in [0.4, 0.5) is 0 Å². The number of fused-ring (bicyclic) bond motifs is 2. The van der Waals surface area contributed by atoms with E-state index >= 15 is 0 Å². The maximum absolute atomic E-state index is 11.8. The van der Waals surface area contributed by atoms with Gasteiger partial charge in [0.15, 0.2) is 0 Å². The van der Waals surface area contributed by atoms with Gasteiger partial charge in [0.05, 0.1) is 0 Å². The molecule has 2 aliphatic carbocycles. The molecule has 22 heavy (non-hydrogen) atoms. The Morgan fingerprint density at radius 1 is 0.864 bits per heavy atom. The van der Waals surface area contributed by atoms with Crippen LogP contribution >= 0.6 is 0 Å². The van der Waals surface area contributed by atoms with Gasteiger partial charge in [-0.25, -0.2) is 0 Å². The van der Waals surface area contributed by atoms with Crippen molar-refractivity contribution in [2.45, 2.75) is 37.4 Å². The minimum absolute atomic E-state index is 0.102. The Balaban J connectivity index is 1.97. The molecule has 2 fully saturated rings. The van der Waals surface area contributed by atoms with Gasteiger partial charge >= 0.3 is 0 Å². The molecule has 2 bridgehead atoms. The summed E-state index contributed by atoms with van der Waals surface area (Å²) in [6.07, 6.45) is 2.79. The molecule has 0 aromatic heterocycles. The highest BCUT2D eigenvalue weighted by Gasteiger charge is 2.73. The van der Waals surface area contributed by atoms with Crippen LogP contribution in [0.25, 0.3) is 0 Å². The Bertz CT molecular complexity index is 683. The monoisotopic (exact) mass is 294 g/mol. The molecule has 0 amide bonds. The highest BCUT2D eigenvalue weighted by Crippen LogP contribution is 2.71. The van der Waals surface area contributed by atoms with Crippen LogP contribution in [0.5, 0.6) is 0 Å². The Hall–Kier alpha value is -1.64. The van der Waals surface area contributed by atoms with Gasteiger partial charge in [0, 0.05) is 5.41 Å². The third-order valence-electron chi connectivity index (χ3n) is 6.16. The zero-order chi connectivity index (χ0) is 15.4. The molecule has 2 heteroatoms. The average Bonchev–Trinajstić information content (AvgIpc) is 3.05. The lowest BCUT2D eigenvalue weighted by molar-refractivity contribution is -0.219. The second-order valence-corrected chi connectivity index (χ2v) is 7.21. The smallest absolute Gasteiger partial charge is 0.128 e. The van der Waals surface area contributed by atoms with Crippen LogP contribution in [0.3, 0.4) is 0 Å². The van der Waals surface area contributed by atoms with E-state index in [9.17, 15) is 10.2 Å². The highest BCUT2D eigenvalue weighted by atomic mass is 16.4. The minimum Gasteiger partial charge on any atom is -0.381 e. The molecule has 0 aliphatic heterocycles. The van der Waals surface area contributed by atoms with Crippen molar-refractivity contribution in [3.8, 4) is 0 Å². The SMILES string of the molecule is C[C@@]12CC[C@H](C1)[C@](O)(c1ccccc1)[C@]2(O)c1ccccc1. The van der Waals surface area contributed by atoms with E-state index in [0.717, 1.165) is 30.4 Å². The van der Waals surface area contributed by atoms with Gasteiger partial charge in [0.2, 0.25) is 0 Å². The maximum Gasteiger partial charge on any atom is 0.128 e. The van der Waals surface area contributed by atoms with E-state index < -0.39 is 11.2 Å². The lowest BCUT2D eigenvalue weighted by Gasteiger charge is -2.51. The molecule has 2 aromatic rings. The van der Waals surface area contributed by atoms with Gasteiger partial charge in [0.25, 0.3) is 0 Å². The van der Waals surface area contributed by atoms with Crippen molar-refractivity contribution in [3.63, 3.8) is 0 Å². The van der Waals surface area contributed by atoms with Crippen LogP contribution < -0.4 is 0 Å². The first-order valence-corrected chi connectivity index (χ1v) is 8.08. The summed E-state index contributed by atoms with van der Waals surface area (Å²) < 4.78 is 0. The van der Waals surface area contributed by atoms with E-state index in [1.165, 1.54) is 0 Å². The van der Waals surface area contributed by atoms with Crippen molar-refractivity contribution in [2.24, 2.45) is 11.3 Å². The van der Waals surface area contributed by atoms with Crippen molar-refractivity contribution < 1.29 is 10.2 Å². The Labute approximate surface area is 131 Å². The largest absolute Gasteiger partial charge is 0.381 e. The van der Waals surface area contributed by atoms with E-state index in [-0.39, 0.29) is 11.3 Å². The van der Waals surface area contributed by atoms with Gasteiger partial charge < -0.3 is 10.2 Å². The first kappa shape index (κ1) is 14.0. The Kier molecular flexibility index (Phi) is 2.82. The van der Waals surface area contributed by atoms with Gasteiger partial charge in [-0.05, 0) is 36.3 Å². The summed E-state index contributed by atoms with van der Waals surface area (Å²) in [6, 6.07) is 19.4. The second kappa shape index (κ2) is 4.43. The molecule has 2 nitrogen and oxygen atoms in total. The van der Waals surface area contributed by atoms with Crippen molar-refractivity contribution in [3.05, 3.63) is 71.8 Å². The quantitative estimate of drug-likeness (QED) is 0.888. The average molecular weight is 294 g/mol. The number of aliphatic hydroxyl groups is 2. The molecular weight excluding hydrogens is 272 g/mol. The lowest BCUT2D eigenvalue weighted by atomic mass is 9.60. The fraction of sp³-hybridized carbons (Fsp3) is 0.400. The topological polar surface area (TPSA) is 40.5 Å². The minimum atomic E-state index is -1.24. The third-order valence-corrected chi connectivity index (χ3v) is 6.16. The van der Waals surface area contributed by atoms with Gasteiger partial charge in [-0.15, -0.1) is 0 Å². The summed E-state index contributed by atoms with van der Waals surface area (Å²) >= 11 is 0. The first-order chi connectivity index (χ1) is 10.5. The number of hydrogen-bond acceptors (Lipinski definition) is 2.